The molecule has 0 radical (unpaired) electrons. The molecular weight excluding hydrogens is 268 g/mol. The van der Waals surface area contributed by atoms with Crippen LogP contribution >= 0.6 is 0 Å². The van der Waals surface area contributed by atoms with Crippen molar-refractivity contribution < 1.29 is 14.3 Å². The summed E-state index contributed by atoms with van der Waals surface area (Å²) in [7, 11) is 1.53. The Kier molecular flexibility index (Phi) is 7.44. The van der Waals surface area contributed by atoms with Gasteiger partial charge < -0.3 is 14.8 Å². The lowest BCUT2D eigenvalue weighted by Crippen LogP contribution is -2.21. The van der Waals surface area contributed by atoms with Gasteiger partial charge in [0.15, 0.2) is 18.1 Å². The highest BCUT2D eigenvalue weighted by molar-refractivity contribution is 5.91. The molecule has 5 nitrogen and oxygen atoms in total. The fourth-order valence-corrected chi connectivity index (χ4v) is 1.64. The second kappa shape index (κ2) is 9.43. The van der Waals surface area contributed by atoms with Gasteiger partial charge in [-0.15, -0.1) is 0 Å². The maximum absolute atomic E-state index is 11.6. The molecule has 0 fully saturated rings. The standard InChI is InChI=1S/C16H20N2O3/c1-3-4-10-18-16(19)8-6-13-5-7-14(21-11-9-17)15(12-13)20-2/h5-8,12H,3-4,10-11H2,1-2H3,(H,18,19)/b8-6+. The fourth-order valence-electron chi connectivity index (χ4n) is 1.64. The van der Waals surface area contributed by atoms with Crippen LogP contribution in [0.15, 0.2) is 24.3 Å². The first kappa shape index (κ1) is 16.6. The number of benzene rings is 1. The van der Waals surface area contributed by atoms with Crippen LogP contribution in [-0.4, -0.2) is 26.2 Å². The van der Waals surface area contributed by atoms with E-state index in [1.807, 2.05) is 6.07 Å². The van der Waals surface area contributed by atoms with Crippen LogP contribution in [0.1, 0.15) is 25.3 Å². The van der Waals surface area contributed by atoms with E-state index >= 15 is 0 Å². The van der Waals surface area contributed by atoms with E-state index in [-0.39, 0.29) is 12.5 Å². The summed E-state index contributed by atoms with van der Waals surface area (Å²) in [5, 5.41) is 11.3. The van der Waals surface area contributed by atoms with Gasteiger partial charge in [0.1, 0.15) is 6.07 Å². The molecule has 21 heavy (non-hydrogen) atoms. The van der Waals surface area contributed by atoms with E-state index in [0.717, 1.165) is 18.4 Å². The number of ether oxygens (including phenoxy) is 2. The molecular formula is C16H20N2O3. The molecule has 112 valence electrons. The maximum atomic E-state index is 11.6. The molecule has 0 saturated heterocycles. The Labute approximate surface area is 125 Å². The Morgan fingerprint density at radius 1 is 1.43 bits per heavy atom. The van der Waals surface area contributed by atoms with Crippen LogP contribution in [-0.2, 0) is 4.79 Å². The van der Waals surface area contributed by atoms with Crippen LogP contribution < -0.4 is 14.8 Å². The monoisotopic (exact) mass is 288 g/mol. The summed E-state index contributed by atoms with van der Waals surface area (Å²) in [5.41, 5.74) is 0.821. The highest BCUT2D eigenvalue weighted by Crippen LogP contribution is 2.28. The van der Waals surface area contributed by atoms with E-state index in [1.165, 1.54) is 13.2 Å². The maximum Gasteiger partial charge on any atom is 0.243 e. The number of methoxy groups -OCH3 is 1. The smallest absolute Gasteiger partial charge is 0.243 e. The van der Waals surface area contributed by atoms with E-state index in [0.29, 0.717) is 18.0 Å². The molecule has 0 aliphatic rings. The van der Waals surface area contributed by atoms with E-state index < -0.39 is 0 Å². The molecule has 0 atom stereocenters. The fraction of sp³-hybridized carbons (Fsp3) is 0.375. The van der Waals surface area contributed by atoms with Crippen molar-refractivity contribution in [3.8, 4) is 17.6 Å². The summed E-state index contributed by atoms with van der Waals surface area (Å²) in [6, 6.07) is 7.16. The lowest BCUT2D eigenvalue weighted by Gasteiger charge is -2.08. The molecule has 1 aromatic rings. The highest BCUT2D eigenvalue weighted by atomic mass is 16.5. The summed E-state index contributed by atoms with van der Waals surface area (Å²) >= 11 is 0. The van der Waals surface area contributed by atoms with Crippen LogP contribution in [0.4, 0.5) is 0 Å². The summed E-state index contributed by atoms with van der Waals surface area (Å²) in [5.74, 6) is 0.912. The van der Waals surface area contributed by atoms with Gasteiger partial charge in [0, 0.05) is 12.6 Å². The number of carbonyl (C=O) groups excluding carboxylic acids is 1. The molecule has 1 amide bonds. The number of rotatable bonds is 8. The number of amides is 1. The largest absolute Gasteiger partial charge is 0.493 e. The molecule has 0 unspecified atom stereocenters. The van der Waals surface area contributed by atoms with E-state index in [1.54, 1.807) is 24.3 Å². The predicted molar refractivity (Wildman–Crippen MR) is 81.1 cm³/mol. The van der Waals surface area contributed by atoms with Gasteiger partial charge >= 0.3 is 0 Å². The van der Waals surface area contributed by atoms with Crippen molar-refractivity contribution in [3.63, 3.8) is 0 Å². The first-order valence-electron chi connectivity index (χ1n) is 6.85. The number of nitrogens with one attached hydrogen (secondary N) is 1. The van der Waals surface area contributed by atoms with Crippen LogP contribution in [0.2, 0.25) is 0 Å². The van der Waals surface area contributed by atoms with Gasteiger partial charge in [-0.05, 0) is 30.2 Å². The predicted octanol–water partition coefficient (Wildman–Crippen LogP) is 2.53. The minimum atomic E-state index is -0.118. The molecule has 0 spiro atoms. The first-order valence-corrected chi connectivity index (χ1v) is 6.85. The molecule has 0 heterocycles. The molecule has 0 aromatic heterocycles. The van der Waals surface area contributed by atoms with Crippen LogP contribution in [0.25, 0.3) is 6.08 Å². The molecule has 0 bridgehead atoms. The third kappa shape index (κ3) is 6.00. The second-order valence-corrected chi connectivity index (χ2v) is 4.33. The molecule has 0 aliphatic carbocycles. The van der Waals surface area contributed by atoms with Crippen LogP contribution in [0.3, 0.4) is 0 Å². The summed E-state index contributed by atoms with van der Waals surface area (Å²) < 4.78 is 10.4. The van der Waals surface area contributed by atoms with Gasteiger partial charge in [-0.25, -0.2) is 0 Å². The Bertz CT molecular complexity index is 533. The first-order chi connectivity index (χ1) is 10.2. The van der Waals surface area contributed by atoms with Crippen molar-refractivity contribution in [2.45, 2.75) is 19.8 Å². The summed E-state index contributed by atoms with van der Waals surface area (Å²) in [6.45, 7) is 2.72. The van der Waals surface area contributed by atoms with Crippen molar-refractivity contribution in [1.82, 2.24) is 5.32 Å². The van der Waals surface area contributed by atoms with Gasteiger partial charge in [-0.3, -0.25) is 4.79 Å². The number of hydrogen-bond acceptors (Lipinski definition) is 4. The number of unbranched alkanes of at least 4 members (excludes halogenated alkanes) is 1. The SMILES string of the molecule is CCCCNC(=O)/C=C/c1ccc(OCC#N)c(OC)c1. The lowest BCUT2D eigenvalue weighted by atomic mass is 10.2. The number of carbonyl (C=O) groups is 1. The normalized spacial score (nSPS) is 10.1. The molecule has 1 N–H and O–H groups in total. The Morgan fingerprint density at radius 3 is 2.90 bits per heavy atom. The van der Waals surface area contributed by atoms with Gasteiger partial charge in [0.25, 0.3) is 0 Å². The van der Waals surface area contributed by atoms with Gasteiger partial charge in [0.05, 0.1) is 7.11 Å². The Balaban J connectivity index is 2.67. The Hall–Kier alpha value is -2.48. The zero-order chi connectivity index (χ0) is 15.5. The van der Waals surface area contributed by atoms with Gasteiger partial charge in [-0.2, -0.15) is 5.26 Å². The molecule has 0 saturated carbocycles. The Morgan fingerprint density at radius 2 is 2.24 bits per heavy atom. The van der Waals surface area contributed by atoms with Crippen molar-refractivity contribution in [3.05, 3.63) is 29.8 Å². The zero-order valence-electron chi connectivity index (χ0n) is 12.4. The van der Waals surface area contributed by atoms with E-state index in [2.05, 4.69) is 12.2 Å². The second-order valence-electron chi connectivity index (χ2n) is 4.33. The van der Waals surface area contributed by atoms with Gasteiger partial charge in [-0.1, -0.05) is 19.4 Å². The number of hydrogen-bond donors (Lipinski definition) is 1. The third-order valence-electron chi connectivity index (χ3n) is 2.74. The van der Waals surface area contributed by atoms with E-state index in [4.69, 9.17) is 14.7 Å². The minimum Gasteiger partial charge on any atom is -0.493 e. The molecule has 1 aromatic carbocycles. The van der Waals surface area contributed by atoms with Crippen LogP contribution in [0, 0.1) is 11.3 Å². The van der Waals surface area contributed by atoms with E-state index in [9.17, 15) is 4.79 Å². The lowest BCUT2D eigenvalue weighted by molar-refractivity contribution is -0.116. The summed E-state index contributed by atoms with van der Waals surface area (Å²) in [6.07, 6.45) is 5.21. The average Bonchev–Trinajstić information content (AvgIpc) is 2.51. The number of nitrogens with zero attached hydrogens (tertiary/aromatic N) is 1. The summed E-state index contributed by atoms with van der Waals surface area (Å²) in [4.78, 5) is 11.6. The van der Waals surface area contributed by atoms with Crippen molar-refractivity contribution in [2.75, 3.05) is 20.3 Å². The van der Waals surface area contributed by atoms with Crippen molar-refractivity contribution in [2.24, 2.45) is 0 Å². The molecule has 1 rings (SSSR count). The molecule has 5 heteroatoms. The average molecular weight is 288 g/mol. The van der Waals surface area contributed by atoms with Crippen molar-refractivity contribution >= 4 is 12.0 Å². The minimum absolute atomic E-state index is 0.0363. The van der Waals surface area contributed by atoms with Crippen molar-refractivity contribution in [1.29, 1.82) is 5.26 Å². The van der Waals surface area contributed by atoms with Crippen LogP contribution in [0.5, 0.6) is 11.5 Å². The quantitative estimate of drug-likeness (QED) is 0.589. The van der Waals surface area contributed by atoms with Gasteiger partial charge in [0.2, 0.25) is 5.91 Å². The highest BCUT2D eigenvalue weighted by Gasteiger charge is 2.04. The third-order valence-corrected chi connectivity index (χ3v) is 2.74. The topological polar surface area (TPSA) is 71.3 Å². The molecule has 0 aliphatic heterocycles. The number of nitriles is 1. The zero-order valence-corrected chi connectivity index (χ0v) is 12.4.